The summed E-state index contributed by atoms with van der Waals surface area (Å²) in [6, 6.07) is 5.66. The van der Waals surface area contributed by atoms with E-state index in [4.69, 9.17) is 0 Å². The van der Waals surface area contributed by atoms with Crippen molar-refractivity contribution in [2.24, 2.45) is 0 Å². The first kappa shape index (κ1) is 12.4. The normalized spacial score (nSPS) is 15.8. The molecule has 5 nitrogen and oxygen atoms in total. The second-order valence-electron chi connectivity index (χ2n) is 4.80. The van der Waals surface area contributed by atoms with Crippen molar-refractivity contribution in [1.82, 2.24) is 5.32 Å². The van der Waals surface area contributed by atoms with Gasteiger partial charge in [0.15, 0.2) is 0 Å². The molecule has 18 heavy (non-hydrogen) atoms. The van der Waals surface area contributed by atoms with Gasteiger partial charge in [-0.1, -0.05) is 12.1 Å². The average Bonchev–Trinajstić information content (AvgIpc) is 2.57. The summed E-state index contributed by atoms with van der Waals surface area (Å²) in [4.78, 5) is 22.8. The molecule has 0 fully saturated rings. The van der Waals surface area contributed by atoms with Gasteiger partial charge >= 0.3 is 6.09 Å². The van der Waals surface area contributed by atoms with Crippen LogP contribution in [0.15, 0.2) is 18.2 Å². The molecule has 0 saturated heterocycles. The van der Waals surface area contributed by atoms with Crippen molar-refractivity contribution >= 4 is 17.7 Å². The van der Waals surface area contributed by atoms with E-state index in [1.807, 2.05) is 32.0 Å². The molecule has 0 saturated carbocycles. The average molecular weight is 248 g/mol. The van der Waals surface area contributed by atoms with E-state index >= 15 is 0 Å². The van der Waals surface area contributed by atoms with E-state index in [0.29, 0.717) is 6.54 Å². The lowest BCUT2D eigenvalue weighted by Gasteiger charge is -2.15. The minimum atomic E-state index is -0.531. The van der Waals surface area contributed by atoms with Gasteiger partial charge in [-0.3, -0.25) is 4.79 Å². The fourth-order valence-electron chi connectivity index (χ4n) is 1.97. The number of nitrogens with one attached hydrogen (secondary N) is 2. The van der Waals surface area contributed by atoms with Crippen molar-refractivity contribution in [2.45, 2.75) is 25.8 Å². The topological polar surface area (TPSA) is 67.4 Å². The van der Waals surface area contributed by atoms with Gasteiger partial charge in [-0.15, -0.1) is 0 Å². The van der Waals surface area contributed by atoms with Gasteiger partial charge in [0.05, 0.1) is 12.5 Å². The van der Waals surface area contributed by atoms with Crippen molar-refractivity contribution in [3.05, 3.63) is 29.3 Å². The number of anilines is 1. The van der Waals surface area contributed by atoms with Crippen LogP contribution in [0.25, 0.3) is 0 Å². The number of methoxy groups -OCH3 is 1. The maximum Gasteiger partial charge on any atom is 0.407 e. The maximum atomic E-state index is 11.8. The second-order valence-corrected chi connectivity index (χ2v) is 4.80. The fourth-order valence-corrected chi connectivity index (χ4v) is 1.97. The van der Waals surface area contributed by atoms with E-state index in [9.17, 15) is 9.59 Å². The first-order chi connectivity index (χ1) is 8.45. The number of hydrogen-bond donors (Lipinski definition) is 2. The summed E-state index contributed by atoms with van der Waals surface area (Å²) in [7, 11) is 1.32. The number of benzene rings is 1. The summed E-state index contributed by atoms with van der Waals surface area (Å²) < 4.78 is 4.51. The largest absolute Gasteiger partial charge is 0.453 e. The van der Waals surface area contributed by atoms with Crippen LogP contribution in [-0.4, -0.2) is 19.1 Å². The molecule has 0 atom stereocenters. The highest BCUT2D eigenvalue weighted by Crippen LogP contribution is 2.37. The van der Waals surface area contributed by atoms with Crippen LogP contribution in [0.4, 0.5) is 10.5 Å². The zero-order chi connectivity index (χ0) is 13.3. The van der Waals surface area contributed by atoms with Gasteiger partial charge in [0.25, 0.3) is 0 Å². The molecule has 5 heteroatoms. The van der Waals surface area contributed by atoms with Crippen molar-refractivity contribution in [1.29, 1.82) is 0 Å². The Balaban J connectivity index is 2.21. The molecule has 1 aromatic carbocycles. The minimum Gasteiger partial charge on any atom is -0.453 e. The number of amides is 2. The van der Waals surface area contributed by atoms with E-state index in [1.165, 1.54) is 7.11 Å². The van der Waals surface area contributed by atoms with Crippen LogP contribution in [0, 0.1) is 0 Å². The number of fused-ring (bicyclic) bond motifs is 1. The Morgan fingerprint density at radius 2 is 2.17 bits per heavy atom. The van der Waals surface area contributed by atoms with Gasteiger partial charge in [0, 0.05) is 12.2 Å². The van der Waals surface area contributed by atoms with E-state index in [0.717, 1.165) is 16.8 Å². The molecule has 2 rings (SSSR count). The first-order valence-corrected chi connectivity index (χ1v) is 5.72. The van der Waals surface area contributed by atoms with E-state index in [-0.39, 0.29) is 5.91 Å². The Kier molecular flexibility index (Phi) is 2.98. The third-order valence-electron chi connectivity index (χ3n) is 3.20. The summed E-state index contributed by atoms with van der Waals surface area (Å²) in [6.45, 7) is 4.14. The number of ether oxygens (including phenoxy) is 1. The maximum absolute atomic E-state index is 11.8. The van der Waals surface area contributed by atoms with Crippen LogP contribution in [0.1, 0.15) is 25.0 Å². The van der Waals surface area contributed by atoms with E-state index in [2.05, 4.69) is 15.4 Å². The van der Waals surface area contributed by atoms with Crippen molar-refractivity contribution in [3.63, 3.8) is 0 Å². The number of hydrogen-bond acceptors (Lipinski definition) is 3. The predicted molar refractivity (Wildman–Crippen MR) is 67.3 cm³/mol. The molecule has 0 unspecified atom stereocenters. The molecule has 1 heterocycles. The van der Waals surface area contributed by atoms with E-state index in [1.54, 1.807) is 0 Å². The predicted octanol–water partition coefficient (Wildman–Crippen LogP) is 1.77. The van der Waals surface area contributed by atoms with Crippen LogP contribution < -0.4 is 10.6 Å². The summed E-state index contributed by atoms with van der Waals surface area (Å²) >= 11 is 0. The van der Waals surface area contributed by atoms with Crippen molar-refractivity contribution in [2.75, 3.05) is 12.4 Å². The molecule has 0 bridgehead atoms. The number of carbonyl (C=O) groups excluding carboxylic acids is 2. The van der Waals surface area contributed by atoms with Crippen LogP contribution in [0.5, 0.6) is 0 Å². The highest BCUT2D eigenvalue weighted by Gasteiger charge is 2.38. The van der Waals surface area contributed by atoms with E-state index < -0.39 is 11.5 Å². The Morgan fingerprint density at radius 1 is 1.44 bits per heavy atom. The monoisotopic (exact) mass is 248 g/mol. The zero-order valence-corrected chi connectivity index (χ0v) is 10.7. The lowest BCUT2D eigenvalue weighted by atomic mass is 9.85. The first-order valence-electron chi connectivity index (χ1n) is 5.72. The molecule has 1 aromatic rings. The highest BCUT2D eigenvalue weighted by atomic mass is 16.5. The van der Waals surface area contributed by atoms with Crippen LogP contribution in [0.2, 0.25) is 0 Å². The van der Waals surface area contributed by atoms with Crippen LogP contribution >= 0.6 is 0 Å². The third kappa shape index (κ3) is 2.03. The van der Waals surface area contributed by atoms with Gasteiger partial charge in [0.1, 0.15) is 0 Å². The molecule has 0 radical (unpaired) electrons. The van der Waals surface area contributed by atoms with Crippen molar-refractivity contribution < 1.29 is 14.3 Å². The molecule has 2 N–H and O–H groups in total. The Hall–Kier alpha value is -2.04. The van der Waals surface area contributed by atoms with Gasteiger partial charge in [0.2, 0.25) is 5.91 Å². The standard InChI is InChI=1S/C13H16N2O3/c1-13(2)9-6-8(7-14-12(17)18-3)4-5-10(9)15-11(13)16/h4-6H,7H2,1-3H3,(H,14,17)(H,15,16). The summed E-state index contributed by atoms with van der Waals surface area (Å²) in [5, 5.41) is 5.45. The molecule has 0 spiro atoms. The molecule has 0 aromatic heterocycles. The molecular weight excluding hydrogens is 232 g/mol. The summed E-state index contributed by atoms with van der Waals surface area (Å²) in [5.74, 6) is -0.00410. The Labute approximate surface area is 106 Å². The molecule has 2 amide bonds. The van der Waals surface area contributed by atoms with Gasteiger partial charge in [-0.25, -0.2) is 4.79 Å². The lowest BCUT2D eigenvalue weighted by Crippen LogP contribution is -2.27. The Morgan fingerprint density at radius 3 is 2.83 bits per heavy atom. The summed E-state index contributed by atoms with van der Waals surface area (Å²) in [6.07, 6.45) is -0.469. The van der Waals surface area contributed by atoms with Crippen LogP contribution in [-0.2, 0) is 21.5 Å². The number of carbonyl (C=O) groups is 2. The Bertz CT molecular complexity index is 509. The SMILES string of the molecule is COC(=O)NCc1ccc2c(c1)C(C)(C)C(=O)N2. The smallest absolute Gasteiger partial charge is 0.407 e. The summed E-state index contributed by atoms with van der Waals surface area (Å²) in [5.41, 5.74) is 2.20. The van der Waals surface area contributed by atoms with Crippen LogP contribution in [0.3, 0.4) is 0 Å². The quantitative estimate of drug-likeness (QED) is 0.838. The second kappa shape index (κ2) is 4.33. The van der Waals surface area contributed by atoms with Gasteiger partial charge in [-0.2, -0.15) is 0 Å². The lowest BCUT2D eigenvalue weighted by molar-refractivity contribution is -0.119. The minimum absolute atomic E-state index is 0.00410. The molecule has 1 aliphatic heterocycles. The zero-order valence-electron chi connectivity index (χ0n) is 10.7. The molecule has 96 valence electrons. The molecular formula is C13H16N2O3. The highest BCUT2D eigenvalue weighted by molar-refractivity contribution is 6.05. The molecule has 0 aliphatic carbocycles. The van der Waals surface area contributed by atoms with Gasteiger partial charge in [-0.05, 0) is 31.0 Å². The number of alkyl carbamates (subject to hydrolysis) is 1. The van der Waals surface area contributed by atoms with Crippen molar-refractivity contribution in [3.8, 4) is 0 Å². The fraction of sp³-hybridized carbons (Fsp3) is 0.385. The number of rotatable bonds is 2. The molecule has 1 aliphatic rings. The third-order valence-corrected chi connectivity index (χ3v) is 3.20. The van der Waals surface area contributed by atoms with Gasteiger partial charge < -0.3 is 15.4 Å².